The molecule has 2 heterocycles. The van der Waals surface area contributed by atoms with Crippen LogP contribution in [0.3, 0.4) is 0 Å². The molecule has 4 rings (SSSR count). The number of benzene rings is 2. The van der Waals surface area contributed by atoms with Gasteiger partial charge in [-0.15, -0.1) is 0 Å². The first-order chi connectivity index (χ1) is 13.7. The summed E-state index contributed by atoms with van der Waals surface area (Å²) in [6.45, 7) is 1.58. The van der Waals surface area contributed by atoms with Crippen molar-refractivity contribution in [1.82, 2.24) is 9.88 Å². The highest BCUT2D eigenvalue weighted by Gasteiger charge is 2.21. The molecule has 1 aliphatic rings. The van der Waals surface area contributed by atoms with E-state index in [0.29, 0.717) is 17.0 Å². The maximum Gasteiger partial charge on any atom is 0.272 e. The van der Waals surface area contributed by atoms with E-state index < -0.39 is 0 Å². The molecule has 1 amide bonds. The fourth-order valence-electron chi connectivity index (χ4n) is 3.58. The van der Waals surface area contributed by atoms with E-state index >= 15 is 0 Å². The number of carbonyl (C=O) groups excluding carboxylic acids is 1. The van der Waals surface area contributed by atoms with E-state index in [-0.39, 0.29) is 5.91 Å². The third-order valence-electron chi connectivity index (χ3n) is 4.99. The van der Waals surface area contributed by atoms with Gasteiger partial charge in [-0.1, -0.05) is 34.1 Å². The zero-order valence-corrected chi connectivity index (χ0v) is 17.3. The molecule has 0 unspecified atom stereocenters. The average molecular weight is 440 g/mol. The number of nitrogens with zero attached hydrogens (tertiary/aromatic N) is 2. The number of anilines is 2. The highest BCUT2D eigenvalue weighted by Crippen LogP contribution is 2.32. The van der Waals surface area contributed by atoms with Crippen molar-refractivity contribution < 1.29 is 9.53 Å². The number of ether oxygens (including phenoxy) is 1. The molecule has 0 bridgehead atoms. The summed E-state index contributed by atoms with van der Waals surface area (Å²) in [5.74, 6) is 0.632. The maximum absolute atomic E-state index is 13.1. The number of hydrogen-bond acceptors (Lipinski definition) is 4. The number of methoxy groups -OCH3 is 1. The van der Waals surface area contributed by atoms with Crippen molar-refractivity contribution in [3.05, 3.63) is 58.7 Å². The molecule has 1 fully saturated rings. The average Bonchev–Trinajstić information content (AvgIpc) is 2.73. The fourth-order valence-corrected chi connectivity index (χ4v) is 3.98. The molecule has 1 aliphatic heterocycles. The van der Waals surface area contributed by atoms with Crippen molar-refractivity contribution in [2.24, 2.45) is 0 Å². The number of fused-ring (bicyclic) bond motifs is 1. The molecule has 1 saturated heterocycles. The van der Waals surface area contributed by atoms with Gasteiger partial charge < -0.3 is 15.0 Å². The number of pyridine rings is 1. The van der Waals surface area contributed by atoms with Crippen LogP contribution in [-0.2, 0) is 0 Å². The van der Waals surface area contributed by atoms with Crippen LogP contribution in [0.2, 0.25) is 0 Å². The van der Waals surface area contributed by atoms with Crippen molar-refractivity contribution in [1.29, 1.82) is 0 Å². The number of aromatic nitrogens is 1. The Morgan fingerprint density at radius 2 is 1.89 bits per heavy atom. The molecule has 1 aromatic heterocycles. The predicted molar refractivity (Wildman–Crippen MR) is 115 cm³/mol. The lowest BCUT2D eigenvalue weighted by Gasteiger charge is -2.26. The van der Waals surface area contributed by atoms with Crippen molar-refractivity contribution >= 4 is 44.1 Å². The van der Waals surface area contributed by atoms with E-state index in [2.05, 4.69) is 26.2 Å². The van der Waals surface area contributed by atoms with E-state index in [1.807, 2.05) is 53.4 Å². The Hall–Kier alpha value is -2.60. The number of para-hydroxylation sites is 1. The highest BCUT2D eigenvalue weighted by molar-refractivity contribution is 9.10. The molecule has 1 N–H and O–H groups in total. The van der Waals surface area contributed by atoms with E-state index in [4.69, 9.17) is 4.74 Å². The second kappa shape index (κ2) is 8.19. The van der Waals surface area contributed by atoms with Gasteiger partial charge in [-0.2, -0.15) is 0 Å². The zero-order valence-electron chi connectivity index (χ0n) is 15.7. The molecule has 5 nitrogen and oxygen atoms in total. The number of hydrogen-bond donors (Lipinski definition) is 1. The summed E-state index contributed by atoms with van der Waals surface area (Å²) in [6.07, 6.45) is 3.27. The van der Waals surface area contributed by atoms with Gasteiger partial charge in [0.05, 0.1) is 12.8 Å². The highest BCUT2D eigenvalue weighted by atomic mass is 79.9. The summed E-state index contributed by atoms with van der Waals surface area (Å²) in [6, 6.07) is 15.6. The van der Waals surface area contributed by atoms with Crippen LogP contribution in [0.5, 0.6) is 5.75 Å². The molecular formula is C22H22BrN3O2. The lowest BCUT2D eigenvalue weighted by atomic mass is 10.1. The summed E-state index contributed by atoms with van der Waals surface area (Å²) in [5.41, 5.74) is 2.89. The molecule has 0 atom stereocenters. The Labute approximate surface area is 172 Å². The normalized spacial score (nSPS) is 14.1. The minimum absolute atomic E-state index is 0.0233. The minimum Gasteiger partial charge on any atom is -0.494 e. The molecule has 0 saturated carbocycles. The fraction of sp³-hybridized carbons (Fsp3) is 0.273. The Kier molecular flexibility index (Phi) is 5.48. The molecule has 3 aromatic rings. The lowest BCUT2D eigenvalue weighted by molar-refractivity contribution is 0.0719. The Balaban J connectivity index is 1.81. The van der Waals surface area contributed by atoms with Gasteiger partial charge in [0.25, 0.3) is 5.91 Å². The molecule has 28 heavy (non-hydrogen) atoms. The van der Waals surface area contributed by atoms with Gasteiger partial charge >= 0.3 is 0 Å². The summed E-state index contributed by atoms with van der Waals surface area (Å²) < 4.78 is 6.49. The van der Waals surface area contributed by atoms with Crippen LogP contribution in [0, 0.1) is 0 Å². The number of halogens is 1. The van der Waals surface area contributed by atoms with E-state index in [1.54, 1.807) is 7.11 Å². The van der Waals surface area contributed by atoms with Gasteiger partial charge in [-0.3, -0.25) is 4.79 Å². The minimum atomic E-state index is -0.0233. The maximum atomic E-state index is 13.1. The van der Waals surface area contributed by atoms with Crippen LogP contribution in [0.15, 0.2) is 53.0 Å². The molecular weight excluding hydrogens is 418 g/mol. The quantitative estimate of drug-likeness (QED) is 0.592. The van der Waals surface area contributed by atoms with Gasteiger partial charge in [0, 0.05) is 28.6 Å². The number of piperidine rings is 1. The van der Waals surface area contributed by atoms with Gasteiger partial charge in [-0.05, 0) is 49.6 Å². The Morgan fingerprint density at radius 1 is 1.11 bits per heavy atom. The van der Waals surface area contributed by atoms with Gasteiger partial charge in [0.15, 0.2) is 0 Å². The Bertz CT molecular complexity index is 1020. The van der Waals surface area contributed by atoms with Crippen LogP contribution < -0.4 is 10.1 Å². The van der Waals surface area contributed by atoms with Crippen LogP contribution in [0.4, 0.5) is 11.4 Å². The van der Waals surface area contributed by atoms with Gasteiger partial charge in [0.2, 0.25) is 0 Å². The Morgan fingerprint density at radius 3 is 2.64 bits per heavy atom. The summed E-state index contributed by atoms with van der Waals surface area (Å²) in [5, 5.41) is 4.35. The van der Waals surface area contributed by atoms with Gasteiger partial charge in [0.1, 0.15) is 17.0 Å². The third-order valence-corrected chi connectivity index (χ3v) is 5.48. The first-order valence-corrected chi connectivity index (χ1v) is 10.2. The number of amides is 1. The topological polar surface area (TPSA) is 54.5 Å². The number of likely N-dealkylation sites (tertiary alicyclic amines) is 1. The van der Waals surface area contributed by atoms with Crippen molar-refractivity contribution in [3.63, 3.8) is 0 Å². The van der Waals surface area contributed by atoms with Crippen molar-refractivity contribution in [3.8, 4) is 5.75 Å². The van der Waals surface area contributed by atoms with Crippen molar-refractivity contribution in [2.75, 3.05) is 25.5 Å². The van der Waals surface area contributed by atoms with Gasteiger partial charge in [-0.25, -0.2) is 4.98 Å². The molecule has 0 spiro atoms. The SMILES string of the molecule is COc1cccc2c(Nc3cccc(Br)c3)cc(C(=O)N3CCCCC3)nc12. The van der Waals surface area contributed by atoms with E-state index in [0.717, 1.165) is 47.2 Å². The molecule has 2 aromatic carbocycles. The molecule has 0 aliphatic carbocycles. The molecule has 6 heteroatoms. The second-order valence-corrected chi connectivity index (χ2v) is 7.82. The number of nitrogens with one attached hydrogen (secondary N) is 1. The van der Waals surface area contributed by atoms with Crippen LogP contribution in [0.1, 0.15) is 29.8 Å². The summed E-state index contributed by atoms with van der Waals surface area (Å²) in [7, 11) is 1.62. The number of rotatable bonds is 4. The number of carbonyl (C=O) groups is 1. The first kappa shape index (κ1) is 18.7. The predicted octanol–water partition coefficient (Wildman–Crippen LogP) is 5.38. The first-order valence-electron chi connectivity index (χ1n) is 9.45. The van der Waals surface area contributed by atoms with Crippen LogP contribution >= 0.6 is 15.9 Å². The third kappa shape index (κ3) is 3.83. The smallest absolute Gasteiger partial charge is 0.272 e. The molecule has 0 radical (unpaired) electrons. The van der Waals surface area contributed by atoms with Crippen LogP contribution in [0.25, 0.3) is 10.9 Å². The van der Waals surface area contributed by atoms with E-state index in [1.165, 1.54) is 6.42 Å². The van der Waals surface area contributed by atoms with E-state index in [9.17, 15) is 4.79 Å². The molecule has 144 valence electrons. The largest absolute Gasteiger partial charge is 0.494 e. The summed E-state index contributed by atoms with van der Waals surface area (Å²) in [4.78, 5) is 19.7. The summed E-state index contributed by atoms with van der Waals surface area (Å²) >= 11 is 3.50. The lowest BCUT2D eigenvalue weighted by Crippen LogP contribution is -2.36. The van der Waals surface area contributed by atoms with Crippen LogP contribution in [-0.4, -0.2) is 36.0 Å². The monoisotopic (exact) mass is 439 g/mol. The zero-order chi connectivity index (χ0) is 19.5. The second-order valence-electron chi connectivity index (χ2n) is 6.90. The van der Waals surface area contributed by atoms with Crippen molar-refractivity contribution in [2.45, 2.75) is 19.3 Å². The standard InChI is InChI=1S/C22H22BrN3O2/c1-28-20-10-6-9-17-18(24-16-8-5-7-15(23)13-16)14-19(25-21(17)20)22(27)26-11-3-2-4-12-26/h5-10,13-14H,2-4,11-12H2,1H3,(H,24,25).